The number of nitrogens with zero attached hydrogens (tertiary/aromatic N) is 2. The molecule has 4 fully saturated rings. The number of benzene rings is 1. The maximum Gasteiger partial charge on any atom is 0.336 e. The molecule has 0 radical (unpaired) electrons. The van der Waals surface area contributed by atoms with Gasteiger partial charge in [0.25, 0.3) is 5.91 Å². The minimum atomic E-state index is -0.328. The number of hydrogen-bond acceptors (Lipinski definition) is 7. The Hall–Kier alpha value is -3.16. The van der Waals surface area contributed by atoms with Crippen molar-refractivity contribution in [3.8, 4) is 0 Å². The number of Topliss-reactive ketones (excluding diaryl/α,β-unsaturated/α-hetero) is 1. The summed E-state index contributed by atoms with van der Waals surface area (Å²) in [5.74, 6) is 2.86. The van der Waals surface area contributed by atoms with E-state index in [2.05, 4.69) is 35.3 Å². The Morgan fingerprint density at radius 1 is 1.02 bits per heavy atom. The predicted octanol–water partition coefficient (Wildman–Crippen LogP) is 6.13. The summed E-state index contributed by atoms with van der Waals surface area (Å²) < 4.78 is 5.79. The van der Waals surface area contributed by atoms with Gasteiger partial charge >= 0.3 is 5.63 Å². The first kappa shape index (κ1) is 30.2. The maximum atomic E-state index is 12.8. The second-order valence-corrected chi connectivity index (χ2v) is 15.8. The molecule has 2 aromatic rings. The van der Waals surface area contributed by atoms with E-state index in [1.807, 2.05) is 0 Å². The fraction of sp³-hybridized carbons (Fsp3) is 0.684. The highest BCUT2D eigenvalue weighted by Gasteiger charge is 2.59. The minimum Gasteiger partial charge on any atom is -0.422 e. The van der Waals surface area contributed by atoms with E-state index in [0.717, 1.165) is 99.5 Å². The molecule has 0 saturated heterocycles. The summed E-state index contributed by atoms with van der Waals surface area (Å²) in [5.41, 5.74) is 6.62. The molecule has 1 amide bonds. The third kappa shape index (κ3) is 4.92. The summed E-state index contributed by atoms with van der Waals surface area (Å²) >= 11 is 0. The number of carbonyl (C=O) groups excluding carboxylic acids is 2. The lowest BCUT2D eigenvalue weighted by Gasteiger charge is -2.59. The lowest BCUT2D eigenvalue weighted by molar-refractivity contribution is -0.136. The number of carbonyl (C=O) groups is 2. The molecule has 6 aliphatic rings. The Morgan fingerprint density at radius 2 is 1.87 bits per heavy atom. The SMILES string of the molecule is C[C@]12CCC(=O)CC1CC[C@@H]1C2CC[C@]2(C)/C(=N\OCC(=O)NCCc3cc(=O)oc4c5c6c(cc34)CCCN6CCC5)CCC12. The Labute approximate surface area is 271 Å². The number of aryl methyl sites for hydroxylation is 2. The number of rotatable bonds is 6. The van der Waals surface area contributed by atoms with Crippen molar-refractivity contribution in [1.82, 2.24) is 5.32 Å². The van der Waals surface area contributed by atoms with Crippen LogP contribution in [0.5, 0.6) is 0 Å². The fourth-order valence-corrected chi connectivity index (χ4v) is 11.3. The molecule has 6 atom stereocenters. The normalized spacial score (nSPS) is 34.1. The largest absolute Gasteiger partial charge is 0.422 e. The molecule has 46 heavy (non-hydrogen) atoms. The summed E-state index contributed by atoms with van der Waals surface area (Å²) in [7, 11) is 0. The summed E-state index contributed by atoms with van der Waals surface area (Å²) in [6.07, 6.45) is 14.2. The molecule has 8 rings (SSSR count). The van der Waals surface area contributed by atoms with Crippen molar-refractivity contribution in [3.05, 3.63) is 39.2 Å². The van der Waals surface area contributed by atoms with Crippen LogP contribution in [0.1, 0.15) is 101 Å². The Kier molecular flexibility index (Phi) is 7.56. The van der Waals surface area contributed by atoms with Gasteiger partial charge in [-0.15, -0.1) is 0 Å². The van der Waals surface area contributed by atoms with Crippen LogP contribution in [0, 0.1) is 34.5 Å². The van der Waals surface area contributed by atoms with Gasteiger partial charge in [-0.05, 0) is 123 Å². The molecule has 8 nitrogen and oxygen atoms in total. The second-order valence-electron chi connectivity index (χ2n) is 15.8. The zero-order chi connectivity index (χ0) is 31.6. The van der Waals surface area contributed by atoms with Crippen LogP contribution in [0.2, 0.25) is 0 Å². The van der Waals surface area contributed by atoms with Crippen molar-refractivity contribution in [2.75, 3.05) is 31.1 Å². The molecule has 3 unspecified atom stereocenters. The Balaban J connectivity index is 0.889. The van der Waals surface area contributed by atoms with Gasteiger partial charge in [0.15, 0.2) is 6.61 Å². The molecule has 1 aromatic carbocycles. The number of fused-ring (bicyclic) bond motifs is 7. The molecule has 2 aliphatic heterocycles. The van der Waals surface area contributed by atoms with E-state index < -0.39 is 0 Å². The number of oxime groups is 1. The standard InChI is InChI=1S/C38H49N3O5/c1-37-14-11-26(42)21-25(37)7-8-27-30-9-10-32(38(30,2)15-12-31(27)37)40-45-22-33(43)39-16-13-23-20-34(44)46-36-28-6-4-18-41-17-3-5-24(35(28)41)19-29(23)36/h19-20,25,27,30-31H,3-18,21-22H2,1-2H3,(H,39,43)/b40-32-/t25?,27-,30?,31?,37-,38-/m0/s1. The Morgan fingerprint density at radius 3 is 2.74 bits per heavy atom. The summed E-state index contributed by atoms with van der Waals surface area (Å²) in [5, 5.41) is 8.60. The van der Waals surface area contributed by atoms with Crippen molar-refractivity contribution in [2.24, 2.45) is 39.7 Å². The molecular formula is C38H49N3O5. The zero-order valence-electron chi connectivity index (χ0n) is 27.6. The van der Waals surface area contributed by atoms with E-state index in [0.29, 0.717) is 47.8 Å². The van der Waals surface area contributed by atoms with E-state index in [4.69, 9.17) is 9.25 Å². The van der Waals surface area contributed by atoms with E-state index in [-0.39, 0.29) is 23.6 Å². The van der Waals surface area contributed by atoms with Gasteiger partial charge in [0.05, 0.1) is 5.71 Å². The molecule has 0 bridgehead atoms. The average Bonchev–Trinajstić information content (AvgIpc) is 3.38. The first-order valence-corrected chi connectivity index (χ1v) is 18.1. The molecular weight excluding hydrogens is 578 g/mol. The first-order valence-electron chi connectivity index (χ1n) is 18.1. The van der Waals surface area contributed by atoms with Crippen LogP contribution in [-0.2, 0) is 33.7 Å². The van der Waals surface area contributed by atoms with E-state index in [1.165, 1.54) is 36.1 Å². The quantitative estimate of drug-likeness (QED) is 0.305. The number of ketones is 1. The van der Waals surface area contributed by atoms with Crippen LogP contribution in [0.15, 0.2) is 26.5 Å². The van der Waals surface area contributed by atoms with Gasteiger partial charge in [-0.1, -0.05) is 19.0 Å². The van der Waals surface area contributed by atoms with Crippen molar-refractivity contribution >= 4 is 34.1 Å². The minimum absolute atomic E-state index is 0.0380. The highest BCUT2D eigenvalue weighted by atomic mass is 16.6. The van der Waals surface area contributed by atoms with Crippen LogP contribution in [-0.4, -0.2) is 43.6 Å². The molecule has 0 spiro atoms. The average molecular weight is 628 g/mol. The maximum absolute atomic E-state index is 12.8. The van der Waals surface area contributed by atoms with Gasteiger partial charge in [0.1, 0.15) is 11.4 Å². The van der Waals surface area contributed by atoms with Crippen molar-refractivity contribution in [2.45, 2.75) is 104 Å². The van der Waals surface area contributed by atoms with E-state index in [9.17, 15) is 14.4 Å². The van der Waals surface area contributed by atoms with Crippen molar-refractivity contribution in [1.29, 1.82) is 0 Å². The molecule has 246 valence electrons. The summed E-state index contributed by atoms with van der Waals surface area (Å²) in [6, 6.07) is 3.81. The highest BCUT2D eigenvalue weighted by molar-refractivity contribution is 5.92. The topological polar surface area (TPSA) is 101 Å². The number of hydrogen-bond donors (Lipinski definition) is 1. The number of nitrogens with one attached hydrogen (secondary N) is 1. The monoisotopic (exact) mass is 627 g/mol. The molecule has 4 aliphatic carbocycles. The van der Waals surface area contributed by atoms with E-state index >= 15 is 0 Å². The molecule has 1 aromatic heterocycles. The van der Waals surface area contributed by atoms with Gasteiger partial charge in [-0.3, -0.25) is 9.59 Å². The zero-order valence-corrected chi connectivity index (χ0v) is 27.6. The second kappa shape index (κ2) is 11.5. The molecule has 1 N–H and O–H groups in total. The van der Waals surface area contributed by atoms with Crippen LogP contribution in [0.25, 0.3) is 11.0 Å². The van der Waals surface area contributed by atoms with Crippen LogP contribution in [0.3, 0.4) is 0 Å². The first-order chi connectivity index (χ1) is 22.2. The van der Waals surface area contributed by atoms with Gasteiger partial charge in [0, 0.05) is 60.6 Å². The highest BCUT2D eigenvalue weighted by Crippen LogP contribution is 2.65. The summed E-state index contributed by atoms with van der Waals surface area (Å²) in [4.78, 5) is 45.8. The van der Waals surface area contributed by atoms with Gasteiger partial charge < -0.3 is 19.5 Å². The third-order valence-corrected chi connectivity index (χ3v) is 13.6. The Bertz CT molecular complexity index is 1660. The van der Waals surface area contributed by atoms with Crippen LogP contribution in [0.4, 0.5) is 5.69 Å². The molecule has 4 saturated carbocycles. The smallest absolute Gasteiger partial charge is 0.336 e. The van der Waals surface area contributed by atoms with E-state index in [1.54, 1.807) is 6.07 Å². The third-order valence-electron chi connectivity index (χ3n) is 13.6. The lowest BCUT2D eigenvalue weighted by Crippen LogP contribution is -2.53. The van der Waals surface area contributed by atoms with Crippen molar-refractivity contribution < 1.29 is 18.8 Å². The molecule has 8 heteroatoms. The van der Waals surface area contributed by atoms with Crippen molar-refractivity contribution in [3.63, 3.8) is 0 Å². The van der Waals surface area contributed by atoms with Gasteiger partial charge in [-0.25, -0.2) is 4.79 Å². The summed E-state index contributed by atoms with van der Waals surface area (Å²) in [6.45, 7) is 7.32. The van der Waals surface area contributed by atoms with Crippen LogP contribution >= 0.6 is 0 Å². The van der Waals surface area contributed by atoms with Crippen LogP contribution < -0.4 is 15.8 Å². The van der Waals surface area contributed by atoms with Gasteiger partial charge in [0.2, 0.25) is 0 Å². The number of anilines is 1. The van der Waals surface area contributed by atoms with Gasteiger partial charge in [-0.2, -0.15) is 0 Å². The molecule has 3 heterocycles. The number of amides is 1. The lowest BCUT2D eigenvalue weighted by atomic mass is 9.45. The predicted molar refractivity (Wildman–Crippen MR) is 178 cm³/mol. The fourth-order valence-electron chi connectivity index (χ4n) is 11.3.